The number of benzene rings is 2. The molecule has 2 aromatic carbocycles. The second kappa shape index (κ2) is 9.80. The highest BCUT2D eigenvalue weighted by Crippen LogP contribution is 2.21. The summed E-state index contributed by atoms with van der Waals surface area (Å²) in [5, 5.41) is 0. The lowest BCUT2D eigenvalue weighted by atomic mass is 10.2. The zero-order chi connectivity index (χ0) is 21.7. The van der Waals surface area contributed by atoms with E-state index in [9.17, 15) is 13.2 Å². The Labute approximate surface area is 186 Å². The average Bonchev–Trinajstić information content (AvgIpc) is 2.77. The molecule has 0 spiro atoms. The third kappa shape index (κ3) is 5.14. The van der Waals surface area contributed by atoms with Gasteiger partial charge in [0.05, 0.1) is 18.6 Å². The molecule has 9 heteroatoms. The number of methoxy groups -OCH3 is 1. The van der Waals surface area contributed by atoms with Crippen LogP contribution in [-0.4, -0.2) is 69.9 Å². The summed E-state index contributed by atoms with van der Waals surface area (Å²) in [5.74, 6) is 0.631. The average molecular weight is 496 g/mol. The number of anilines is 1. The number of sulfonamides is 1. The Hall–Kier alpha value is -2.10. The highest BCUT2D eigenvalue weighted by molar-refractivity contribution is 9.10. The molecule has 1 heterocycles. The highest BCUT2D eigenvalue weighted by atomic mass is 79.9. The summed E-state index contributed by atoms with van der Waals surface area (Å²) in [5.41, 5.74) is 1.08. The first kappa shape index (κ1) is 22.6. The molecule has 1 aliphatic heterocycles. The van der Waals surface area contributed by atoms with Gasteiger partial charge in [-0.3, -0.25) is 4.79 Å². The lowest BCUT2D eigenvalue weighted by Gasteiger charge is -2.37. The van der Waals surface area contributed by atoms with Gasteiger partial charge in [0, 0.05) is 42.9 Å². The zero-order valence-electron chi connectivity index (χ0n) is 17.1. The van der Waals surface area contributed by atoms with Crippen LogP contribution in [-0.2, 0) is 14.8 Å². The molecular formula is C21H26BrN3O4S. The van der Waals surface area contributed by atoms with Gasteiger partial charge in [-0.2, -0.15) is 4.31 Å². The molecule has 1 saturated heterocycles. The normalized spacial score (nSPS) is 14.8. The molecule has 0 aliphatic carbocycles. The summed E-state index contributed by atoms with van der Waals surface area (Å²) in [6.07, 6.45) is 0. The molecule has 7 nitrogen and oxygen atoms in total. The van der Waals surface area contributed by atoms with Gasteiger partial charge in [0.1, 0.15) is 5.75 Å². The predicted molar refractivity (Wildman–Crippen MR) is 120 cm³/mol. The van der Waals surface area contributed by atoms with E-state index in [1.807, 2.05) is 24.3 Å². The van der Waals surface area contributed by atoms with E-state index >= 15 is 0 Å². The van der Waals surface area contributed by atoms with Crippen LogP contribution in [0.3, 0.4) is 0 Å². The van der Waals surface area contributed by atoms with Gasteiger partial charge in [-0.05, 0) is 48.5 Å². The molecule has 0 bridgehead atoms. The third-order valence-electron chi connectivity index (χ3n) is 5.19. The Morgan fingerprint density at radius 2 is 1.63 bits per heavy atom. The van der Waals surface area contributed by atoms with E-state index in [0.29, 0.717) is 26.2 Å². The Bertz CT molecular complexity index is 957. The Morgan fingerprint density at radius 3 is 2.17 bits per heavy atom. The van der Waals surface area contributed by atoms with Crippen molar-refractivity contribution >= 4 is 37.5 Å². The second-order valence-corrected chi connectivity index (χ2v) is 9.80. The summed E-state index contributed by atoms with van der Waals surface area (Å²) in [6.45, 7) is 4.33. The molecule has 1 amide bonds. The Morgan fingerprint density at radius 1 is 1.03 bits per heavy atom. The van der Waals surface area contributed by atoms with E-state index in [1.54, 1.807) is 43.2 Å². The summed E-state index contributed by atoms with van der Waals surface area (Å²) < 4.78 is 33.0. The number of likely N-dealkylation sites (N-methyl/N-ethyl adjacent to an activating group) is 1. The van der Waals surface area contributed by atoms with E-state index in [2.05, 4.69) is 20.8 Å². The summed E-state index contributed by atoms with van der Waals surface area (Å²) in [4.78, 5) is 16.9. The number of halogens is 1. The largest absolute Gasteiger partial charge is 0.497 e. The number of ether oxygens (including phenoxy) is 1. The lowest BCUT2D eigenvalue weighted by Crippen LogP contribution is -2.51. The number of piperazine rings is 1. The Kier molecular flexibility index (Phi) is 7.38. The van der Waals surface area contributed by atoms with E-state index in [1.165, 1.54) is 4.31 Å². The van der Waals surface area contributed by atoms with Crippen LogP contribution in [0.15, 0.2) is 57.9 Å². The first-order valence-corrected chi connectivity index (χ1v) is 12.0. The van der Waals surface area contributed by atoms with Crippen LogP contribution < -0.4 is 9.64 Å². The van der Waals surface area contributed by atoms with E-state index in [4.69, 9.17) is 4.74 Å². The maximum Gasteiger partial charge on any atom is 0.243 e. The highest BCUT2D eigenvalue weighted by Gasteiger charge is 2.28. The van der Waals surface area contributed by atoms with Gasteiger partial charge in [0.15, 0.2) is 0 Å². The standard InChI is InChI=1S/C21H26BrN3O4S/c1-3-25(30(27,28)20-10-4-17(22)5-11-20)16-21(26)24-14-12-23(13-15-24)18-6-8-19(29-2)9-7-18/h4-11H,3,12-16H2,1-2H3. The molecule has 1 fully saturated rings. The maximum atomic E-state index is 12.9. The smallest absolute Gasteiger partial charge is 0.243 e. The Balaban J connectivity index is 1.60. The van der Waals surface area contributed by atoms with Crippen LogP contribution in [0.2, 0.25) is 0 Å². The molecule has 30 heavy (non-hydrogen) atoms. The SMILES string of the molecule is CCN(CC(=O)N1CCN(c2ccc(OC)cc2)CC1)S(=O)(=O)c1ccc(Br)cc1. The van der Waals surface area contributed by atoms with Crippen molar-refractivity contribution in [2.45, 2.75) is 11.8 Å². The van der Waals surface area contributed by atoms with Crippen molar-refractivity contribution < 1.29 is 17.9 Å². The molecule has 0 radical (unpaired) electrons. The fourth-order valence-electron chi connectivity index (χ4n) is 3.38. The molecular weight excluding hydrogens is 470 g/mol. The summed E-state index contributed by atoms with van der Waals surface area (Å²) >= 11 is 3.31. The van der Waals surface area contributed by atoms with Gasteiger partial charge in [-0.15, -0.1) is 0 Å². The fourth-order valence-corrected chi connectivity index (χ4v) is 5.04. The molecule has 3 rings (SSSR count). The van der Waals surface area contributed by atoms with Crippen molar-refractivity contribution in [3.05, 3.63) is 53.0 Å². The van der Waals surface area contributed by atoms with Crippen molar-refractivity contribution in [3.63, 3.8) is 0 Å². The second-order valence-electron chi connectivity index (χ2n) is 6.95. The topological polar surface area (TPSA) is 70.2 Å². The van der Waals surface area contributed by atoms with E-state index < -0.39 is 10.0 Å². The first-order chi connectivity index (χ1) is 14.3. The van der Waals surface area contributed by atoms with Crippen molar-refractivity contribution in [1.29, 1.82) is 0 Å². The number of amides is 1. The van der Waals surface area contributed by atoms with Crippen LogP contribution in [0.5, 0.6) is 5.75 Å². The number of hydrogen-bond acceptors (Lipinski definition) is 5. The monoisotopic (exact) mass is 495 g/mol. The quantitative estimate of drug-likeness (QED) is 0.590. The van der Waals surface area contributed by atoms with E-state index in [0.717, 1.165) is 15.9 Å². The van der Waals surface area contributed by atoms with Gasteiger partial charge in [0.2, 0.25) is 15.9 Å². The summed E-state index contributed by atoms with van der Waals surface area (Å²) in [6, 6.07) is 14.3. The van der Waals surface area contributed by atoms with Crippen LogP contribution in [0.25, 0.3) is 0 Å². The van der Waals surface area contributed by atoms with Gasteiger partial charge < -0.3 is 14.5 Å². The van der Waals surface area contributed by atoms with Gasteiger partial charge in [-0.25, -0.2) is 8.42 Å². The molecule has 2 aromatic rings. The van der Waals surface area contributed by atoms with Crippen molar-refractivity contribution in [2.24, 2.45) is 0 Å². The molecule has 0 atom stereocenters. The molecule has 1 aliphatic rings. The minimum absolute atomic E-state index is 0.155. The first-order valence-electron chi connectivity index (χ1n) is 9.77. The molecule has 0 aromatic heterocycles. The van der Waals surface area contributed by atoms with Gasteiger partial charge in [0.25, 0.3) is 0 Å². The number of hydrogen-bond donors (Lipinski definition) is 0. The lowest BCUT2D eigenvalue weighted by molar-refractivity contribution is -0.131. The van der Waals surface area contributed by atoms with Gasteiger partial charge in [-0.1, -0.05) is 22.9 Å². The number of nitrogens with zero attached hydrogens (tertiary/aromatic N) is 3. The number of rotatable bonds is 7. The van der Waals surface area contributed by atoms with Gasteiger partial charge >= 0.3 is 0 Å². The summed E-state index contributed by atoms with van der Waals surface area (Å²) in [7, 11) is -2.08. The van der Waals surface area contributed by atoms with Crippen molar-refractivity contribution in [3.8, 4) is 5.75 Å². The third-order valence-corrected chi connectivity index (χ3v) is 7.65. The van der Waals surface area contributed by atoms with Crippen LogP contribution >= 0.6 is 15.9 Å². The number of carbonyl (C=O) groups is 1. The predicted octanol–water partition coefficient (Wildman–Crippen LogP) is 2.82. The van der Waals surface area contributed by atoms with Crippen molar-refractivity contribution in [2.75, 3.05) is 51.3 Å². The minimum Gasteiger partial charge on any atom is -0.497 e. The number of carbonyl (C=O) groups excluding carboxylic acids is 1. The molecule has 0 saturated carbocycles. The van der Waals surface area contributed by atoms with Crippen LogP contribution in [0, 0.1) is 0 Å². The maximum absolute atomic E-state index is 12.9. The molecule has 0 unspecified atom stereocenters. The zero-order valence-corrected chi connectivity index (χ0v) is 19.5. The fraction of sp³-hybridized carbons (Fsp3) is 0.381. The molecule has 0 N–H and O–H groups in total. The van der Waals surface area contributed by atoms with Crippen LogP contribution in [0.1, 0.15) is 6.92 Å². The minimum atomic E-state index is -3.72. The van der Waals surface area contributed by atoms with Crippen molar-refractivity contribution in [1.82, 2.24) is 9.21 Å². The van der Waals surface area contributed by atoms with Crippen LogP contribution in [0.4, 0.5) is 5.69 Å². The van der Waals surface area contributed by atoms with E-state index in [-0.39, 0.29) is 23.9 Å². The molecule has 162 valence electrons.